The molecule has 0 aromatic rings. The van der Waals surface area contributed by atoms with Gasteiger partial charge in [0.15, 0.2) is 0 Å². The first kappa shape index (κ1) is 14.3. The van der Waals surface area contributed by atoms with E-state index in [1.165, 1.54) is 51.9 Å². The molecule has 2 aliphatic heterocycles. The van der Waals surface area contributed by atoms with E-state index in [9.17, 15) is 0 Å². The SMILES string of the molecule is CC(C)NCC1CCCN(CC2CCOCC2)C1. The van der Waals surface area contributed by atoms with Gasteiger partial charge < -0.3 is 15.0 Å². The molecule has 2 fully saturated rings. The van der Waals surface area contributed by atoms with Gasteiger partial charge in [0.25, 0.3) is 0 Å². The van der Waals surface area contributed by atoms with Crippen molar-refractivity contribution >= 4 is 0 Å². The molecular formula is C15H30N2O. The highest BCUT2D eigenvalue weighted by Gasteiger charge is 2.23. The van der Waals surface area contributed by atoms with Crippen LogP contribution in [0.3, 0.4) is 0 Å². The first-order valence-electron chi connectivity index (χ1n) is 7.77. The molecule has 106 valence electrons. The van der Waals surface area contributed by atoms with Gasteiger partial charge in [-0.3, -0.25) is 0 Å². The minimum atomic E-state index is 0.621. The molecule has 0 amide bonds. The molecule has 2 rings (SSSR count). The molecule has 1 N–H and O–H groups in total. The summed E-state index contributed by atoms with van der Waals surface area (Å²) in [6, 6.07) is 0.621. The van der Waals surface area contributed by atoms with E-state index < -0.39 is 0 Å². The van der Waals surface area contributed by atoms with E-state index in [2.05, 4.69) is 24.1 Å². The Balaban J connectivity index is 1.68. The molecule has 0 aliphatic carbocycles. The summed E-state index contributed by atoms with van der Waals surface area (Å²) in [7, 11) is 0. The van der Waals surface area contributed by atoms with Crippen molar-refractivity contribution in [2.75, 3.05) is 39.4 Å². The van der Waals surface area contributed by atoms with Gasteiger partial charge in [0, 0.05) is 32.3 Å². The summed E-state index contributed by atoms with van der Waals surface area (Å²) >= 11 is 0. The maximum atomic E-state index is 5.45. The predicted octanol–water partition coefficient (Wildman–Crippen LogP) is 2.12. The summed E-state index contributed by atoms with van der Waals surface area (Å²) in [5.41, 5.74) is 0. The first-order valence-corrected chi connectivity index (χ1v) is 7.77. The number of rotatable bonds is 5. The van der Waals surface area contributed by atoms with Gasteiger partial charge in [-0.2, -0.15) is 0 Å². The molecule has 1 unspecified atom stereocenters. The van der Waals surface area contributed by atoms with Crippen LogP contribution in [-0.2, 0) is 4.74 Å². The fourth-order valence-electron chi connectivity index (χ4n) is 3.18. The summed E-state index contributed by atoms with van der Waals surface area (Å²) < 4.78 is 5.45. The molecule has 1 atom stereocenters. The molecule has 3 heteroatoms. The topological polar surface area (TPSA) is 24.5 Å². The Morgan fingerprint density at radius 1 is 1.17 bits per heavy atom. The van der Waals surface area contributed by atoms with Crippen LogP contribution in [0.2, 0.25) is 0 Å². The zero-order valence-electron chi connectivity index (χ0n) is 12.2. The van der Waals surface area contributed by atoms with Gasteiger partial charge in [-0.25, -0.2) is 0 Å². The fourth-order valence-corrected chi connectivity index (χ4v) is 3.18. The molecule has 0 aromatic heterocycles. The summed E-state index contributed by atoms with van der Waals surface area (Å²) in [6.07, 6.45) is 5.33. The van der Waals surface area contributed by atoms with Gasteiger partial charge in [0.2, 0.25) is 0 Å². The van der Waals surface area contributed by atoms with Crippen molar-refractivity contribution < 1.29 is 4.74 Å². The largest absolute Gasteiger partial charge is 0.381 e. The molecule has 0 saturated carbocycles. The predicted molar refractivity (Wildman–Crippen MR) is 75.8 cm³/mol. The Morgan fingerprint density at radius 3 is 2.67 bits per heavy atom. The van der Waals surface area contributed by atoms with Crippen molar-refractivity contribution in [2.45, 2.75) is 45.6 Å². The average Bonchev–Trinajstić information content (AvgIpc) is 2.38. The van der Waals surface area contributed by atoms with Crippen LogP contribution in [0.4, 0.5) is 0 Å². The first-order chi connectivity index (χ1) is 8.74. The summed E-state index contributed by atoms with van der Waals surface area (Å²) in [5.74, 6) is 1.75. The van der Waals surface area contributed by atoms with Crippen LogP contribution in [0.1, 0.15) is 39.5 Å². The lowest BCUT2D eigenvalue weighted by Crippen LogP contribution is -2.43. The van der Waals surface area contributed by atoms with Gasteiger partial charge in [0.1, 0.15) is 0 Å². The van der Waals surface area contributed by atoms with Crippen molar-refractivity contribution in [3.8, 4) is 0 Å². The molecule has 3 nitrogen and oxygen atoms in total. The van der Waals surface area contributed by atoms with Crippen molar-refractivity contribution in [1.29, 1.82) is 0 Å². The Kier molecular flexibility index (Phi) is 5.93. The third kappa shape index (κ3) is 4.87. The molecule has 2 heterocycles. The average molecular weight is 254 g/mol. The molecule has 2 aliphatic rings. The Morgan fingerprint density at radius 2 is 1.94 bits per heavy atom. The summed E-state index contributed by atoms with van der Waals surface area (Å²) in [6.45, 7) is 11.6. The second-order valence-corrected chi connectivity index (χ2v) is 6.39. The Labute approximate surface area is 112 Å². The number of nitrogens with zero attached hydrogens (tertiary/aromatic N) is 1. The minimum absolute atomic E-state index is 0.621. The Bertz CT molecular complexity index is 227. The number of nitrogens with one attached hydrogen (secondary N) is 1. The molecule has 0 aromatic carbocycles. The van der Waals surface area contributed by atoms with E-state index in [-0.39, 0.29) is 0 Å². The monoisotopic (exact) mass is 254 g/mol. The number of likely N-dealkylation sites (tertiary alicyclic amines) is 1. The van der Waals surface area contributed by atoms with Crippen molar-refractivity contribution in [1.82, 2.24) is 10.2 Å². The highest BCUT2D eigenvalue weighted by atomic mass is 16.5. The molecule has 2 saturated heterocycles. The van der Waals surface area contributed by atoms with E-state index in [0.717, 1.165) is 25.0 Å². The third-order valence-corrected chi connectivity index (χ3v) is 4.28. The number of ether oxygens (including phenoxy) is 1. The van der Waals surface area contributed by atoms with Gasteiger partial charge in [-0.05, 0) is 50.6 Å². The lowest BCUT2D eigenvalue weighted by molar-refractivity contribution is 0.0451. The van der Waals surface area contributed by atoms with Crippen LogP contribution in [0.5, 0.6) is 0 Å². The highest BCUT2D eigenvalue weighted by Crippen LogP contribution is 2.21. The van der Waals surface area contributed by atoms with E-state index in [1.54, 1.807) is 0 Å². The van der Waals surface area contributed by atoms with Crippen molar-refractivity contribution in [2.24, 2.45) is 11.8 Å². The molecule has 0 spiro atoms. The van der Waals surface area contributed by atoms with Gasteiger partial charge in [-0.1, -0.05) is 13.8 Å². The zero-order chi connectivity index (χ0) is 12.8. The lowest BCUT2D eigenvalue weighted by Gasteiger charge is -2.36. The van der Waals surface area contributed by atoms with E-state index in [4.69, 9.17) is 4.74 Å². The fraction of sp³-hybridized carbons (Fsp3) is 1.00. The highest BCUT2D eigenvalue weighted by molar-refractivity contribution is 4.78. The maximum absolute atomic E-state index is 5.45. The molecule has 0 radical (unpaired) electrons. The number of piperidine rings is 1. The smallest absolute Gasteiger partial charge is 0.0469 e. The quantitative estimate of drug-likeness (QED) is 0.813. The second-order valence-electron chi connectivity index (χ2n) is 6.39. The number of hydrogen-bond acceptors (Lipinski definition) is 3. The van der Waals surface area contributed by atoms with Crippen LogP contribution >= 0.6 is 0 Å². The molecule has 18 heavy (non-hydrogen) atoms. The summed E-state index contributed by atoms with van der Waals surface area (Å²) in [4.78, 5) is 2.70. The van der Waals surface area contributed by atoms with E-state index in [0.29, 0.717) is 6.04 Å². The van der Waals surface area contributed by atoms with Crippen LogP contribution in [0.25, 0.3) is 0 Å². The maximum Gasteiger partial charge on any atom is 0.0469 e. The minimum Gasteiger partial charge on any atom is -0.381 e. The zero-order valence-corrected chi connectivity index (χ0v) is 12.2. The van der Waals surface area contributed by atoms with Gasteiger partial charge in [-0.15, -0.1) is 0 Å². The van der Waals surface area contributed by atoms with E-state index >= 15 is 0 Å². The normalized spacial score (nSPS) is 27.8. The van der Waals surface area contributed by atoms with Crippen LogP contribution in [-0.4, -0.2) is 50.3 Å². The van der Waals surface area contributed by atoms with Gasteiger partial charge in [0.05, 0.1) is 0 Å². The van der Waals surface area contributed by atoms with Gasteiger partial charge >= 0.3 is 0 Å². The standard InChI is InChI=1S/C15H30N2O/c1-13(2)16-10-15-4-3-7-17(12-15)11-14-5-8-18-9-6-14/h13-16H,3-12H2,1-2H3. The summed E-state index contributed by atoms with van der Waals surface area (Å²) in [5, 5.41) is 3.59. The van der Waals surface area contributed by atoms with Crippen LogP contribution in [0.15, 0.2) is 0 Å². The van der Waals surface area contributed by atoms with Crippen LogP contribution < -0.4 is 5.32 Å². The second kappa shape index (κ2) is 7.46. The Hall–Kier alpha value is -0.120. The van der Waals surface area contributed by atoms with Crippen molar-refractivity contribution in [3.63, 3.8) is 0 Å². The van der Waals surface area contributed by atoms with Crippen molar-refractivity contribution in [3.05, 3.63) is 0 Å². The van der Waals surface area contributed by atoms with Crippen LogP contribution in [0, 0.1) is 11.8 Å². The molecule has 0 bridgehead atoms. The molecular weight excluding hydrogens is 224 g/mol. The third-order valence-electron chi connectivity index (χ3n) is 4.28. The lowest BCUT2D eigenvalue weighted by atomic mass is 9.94. The van der Waals surface area contributed by atoms with E-state index in [1.807, 2.05) is 0 Å². The number of hydrogen-bond donors (Lipinski definition) is 1.